The predicted molar refractivity (Wildman–Crippen MR) is 65.0 cm³/mol. The summed E-state index contributed by atoms with van der Waals surface area (Å²) in [6, 6.07) is 9.70. The highest BCUT2D eigenvalue weighted by molar-refractivity contribution is 5.89. The average Bonchev–Trinajstić information content (AvgIpc) is 2.99. The Morgan fingerprint density at radius 2 is 2.12 bits per heavy atom. The van der Waals surface area contributed by atoms with Gasteiger partial charge in [-0.1, -0.05) is 18.2 Å². The first-order chi connectivity index (χ1) is 8.34. The fourth-order valence-electron chi connectivity index (χ4n) is 2.54. The summed E-state index contributed by atoms with van der Waals surface area (Å²) in [7, 11) is 0. The Labute approximate surface area is 101 Å². The van der Waals surface area contributed by atoms with Crippen LogP contribution in [-0.2, 0) is 4.74 Å². The largest absolute Gasteiger partial charge is 0.444 e. The molecule has 17 heavy (non-hydrogen) atoms. The van der Waals surface area contributed by atoms with Gasteiger partial charge in [-0.2, -0.15) is 0 Å². The second-order valence-corrected chi connectivity index (χ2v) is 4.62. The van der Waals surface area contributed by atoms with Gasteiger partial charge in [0.15, 0.2) is 0 Å². The number of carbonyl (C=O) groups excluding carboxylic acids is 1. The van der Waals surface area contributed by atoms with Crippen molar-refractivity contribution in [3.05, 3.63) is 30.3 Å². The van der Waals surface area contributed by atoms with Crippen LogP contribution in [0.4, 0.5) is 10.5 Å². The zero-order valence-corrected chi connectivity index (χ0v) is 9.63. The van der Waals surface area contributed by atoms with Gasteiger partial charge in [0, 0.05) is 18.2 Å². The maximum atomic E-state index is 11.8. The van der Waals surface area contributed by atoms with Gasteiger partial charge >= 0.3 is 6.09 Å². The number of hydrogen-bond donors (Lipinski definition) is 1. The van der Waals surface area contributed by atoms with E-state index < -0.39 is 0 Å². The van der Waals surface area contributed by atoms with E-state index in [2.05, 4.69) is 5.32 Å². The molecule has 2 fully saturated rings. The lowest BCUT2D eigenvalue weighted by molar-refractivity contribution is 0.111. The summed E-state index contributed by atoms with van der Waals surface area (Å²) in [5.41, 5.74) is 0.922. The van der Waals surface area contributed by atoms with Gasteiger partial charge in [0.25, 0.3) is 0 Å². The molecule has 2 heterocycles. The highest BCUT2D eigenvalue weighted by Gasteiger charge is 2.38. The fourth-order valence-corrected chi connectivity index (χ4v) is 2.54. The number of nitrogens with zero attached hydrogens (tertiary/aromatic N) is 1. The van der Waals surface area contributed by atoms with Crippen molar-refractivity contribution in [2.45, 2.75) is 12.5 Å². The van der Waals surface area contributed by atoms with Crippen LogP contribution in [0.5, 0.6) is 0 Å². The molecule has 4 heteroatoms. The lowest BCUT2D eigenvalue weighted by Crippen LogP contribution is -2.28. The zero-order valence-electron chi connectivity index (χ0n) is 9.63. The third kappa shape index (κ3) is 2.00. The first-order valence-corrected chi connectivity index (χ1v) is 6.08. The molecule has 2 unspecified atom stereocenters. The van der Waals surface area contributed by atoms with Gasteiger partial charge < -0.3 is 10.1 Å². The van der Waals surface area contributed by atoms with Crippen molar-refractivity contribution in [3.63, 3.8) is 0 Å². The maximum Gasteiger partial charge on any atom is 0.414 e. The van der Waals surface area contributed by atoms with Crippen LogP contribution in [0, 0.1) is 5.92 Å². The first kappa shape index (κ1) is 10.6. The van der Waals surface area contributed by atoms with E-state index in [0.717, 1.165) is 25.2 Å². The van der Waals surface area contributed by atoms with Crippen molar-refractivity contribution >= 4 is 11.8 Å². The van der Waals surface area contributed by atoms with Crippen LogP contribution in [0.1, 0.15) is 6.42 Å². The minimum Gasteiger partial charge on any atom is -0.444 e. The van der Waals surface area contributed by atoms with Gasteiger partial charge in [-0.3, -0.25) is 4.90 Å². The van der Waals surface area contributed by atoms with Gasteiger partial charge in [-0.05, 0) is 25.1 Å². The van der Waals surface area contributed by atoms with E-state index in [1.807, 2.05) is 30.3 Å². The van der Waals surface area contributed by atoms with Gasteiger partial charge in [0.1, 0.15) is 6.10 Å². The molecule has 0 saturated carbocycles. The molecule has 2 aliphatic heterocycles. The van der Waals surface area contributed by atoms with Crippen molar-refractivity contribution in [1.82, 2.24) is 5.32 Å². The number of nitrogens with one attached hydrogen (secondary N) is 1. The average molecular weight is 232 g/mol. The van der Waals surface area contributed by atoms with Crippen LogP contribution in [0.2, 0.25) is 0 Å². The Hall–Kier alpha value is -1.55. The summed E-state index contributed by atoms with van der Waals surface area (Å²) in [6.07, 6.45) is 0.923. The minimum atomic E-state index is -0.215. The number of rotatable bonds is 2. The predicted octanol–water partition coefficient (Wildman–Crippen LogP) is 1.62. The van der Waals surface area contributed by atoms with Crippen molar-refractivity contribution in [2.75, 3.05) is 24.5 Å². The summed E-state index contributed by atoms with van der Waals surface area (Å²) in [5.74, 6) is 0.465. The fraction of sp³-hybridized carbons (Fsp3) is 0.462. The molecule has 1 N–H and O–H groups in total. The van der Waals surface area contributed by atoms with Crippen molar-refractivity contribution < 1.29 is 9.53 Å². The summed E-state index contributed by atoms with van der Waals surface area (Å²) in [4.78, 5) is 13.6. The molecule has 1 aromatic carbocycles. The molecule has 0 aromatic heterocycles. The normalized spacial score (nSPS) is 28.5. The van der Waals surface area contributed by atoms with Crippen molar-refractivity contribution in [1.29, 1.82) is 0 Å². The van der Waals surface area contributed by atoms with E-state index >= 15 is 0 Å². The Morgan fingerprint density at radius 1 is 1.29 bits per heavy atom. The molecule has 2 atom stereocenters. The Morgan fingerprint density at radius 3 is 2.82 bits per heavy atom. The van der Waals surface area contributed by atoms with E-state index in [1.54, 1.807) is 4.90 Å². The molecule has 2 aliphatic rings. The number of benzene rings is 1. The topological polar surface area (TPSA) is 41.6 Å². The molecule has 4 nitrogen and oxygen atoms in total. The molecular weight excluding hydrogens is 216 g/mol. The number of amides is 1. The summed E-state index contributed by atoms with van der Waals surface area (Å²) < 4.78 is 5.46. The zero-order chi connectivity index (χ0) is 11.7. The monoisotopic (exact) mass is 232 g/mol. The van der Waals surface area contributed by atoms with Gasteiger partial charge in [-0.25, -0.2) is 4.79 Å². The van der Waals surface area contributed by atoms with Crippen molar-refractivity contribution in [3.8, 4) is 0 Å². The van der Waals surface area contributed by atoms with Crippen LogP contribution in [-0.4, -0.2) is 31.8 Å². The molecule has 2 saturated heterocycles. The third-order valence-corrected chi connectivity index (χ3v) is 3.53. The minimum absolute atomic E-state index is 0.0395. The summed E-state index contributed by atoms with van der Waals surface area (Å²) >= 11 is 0. The van der Waals surface area contributed by atoms with Gasteiger partial charge in [-0.15, -0.1) is 0 Å². The van der Waals surface area contributed by atoms with E-state index in [4.69, 9.17) is 4.74 Å². The summed E-state index contributed by atoms with van der Waals surface area (Å²) in [6.45, 7) is 2.67. The molecule has 90 valence electrons. The molecule has 1 aromatic rings. The number of para-hydroxylation sites is 1. The van der Waals surface area contributed by atoms with E-state index in [9.17, 15) is 4.79 Å². The second-order valence-electron chi connectivity index (χ2n) is 4.62. The molecular formula is C13H16N2O2. The van der Waals surface area contributed by atoms with Crippen LogP contribution in [0.3, 0.4) is 0 Å². The van der Waals surface area contributed by atoms with Crippen LogP contribution in [0.25, 0.3) is 0 Å². The van der Waals surface area contributed by atoms with Crippen LogP contribution < -0.4 is 10.2 Å². The molecule has 1 amide bonds. The molecule has 0 aliphatic carbocycles. The first-order valence-electron chi connectivity index (χ1n) is 6.08. The Balaban J connectivity index is 1.73. The molecule has 0 spiro atoms. The van der Waals surface area contributed by atoms with E-state index in [1.165, 1.54) is 0 Å². The van der Waals surface area contributed by atoms with E-state index in [0.29, 0.717) is 12.5 Å². The summed E-state index contributed by atoms with van der Waals surface area (Å²) in [5, 5.41) is 3.31. The smallest absolute Gasteiger partial charge is 0.414 e. The lowest BCUT2D eigenvalue weighted by Gasteiger charge is -2.15. The Bertz CT molecular complexity index is 401. The standard InChI is InChI=1S/C13H16N2O2/c16-13-15(11-4-2-1-3-5-11)9-12(17-13)10-6-7-14-8-10/h1-5,10,12,14H,6-9H2. The molecule has 0 radical (unpaired) electrons. The SMILES string of the molecule is O=C1OC(C2CCNC2)CN1c1ccccc1. The van der Waals surface area contributed by atoms with Crippen LogP contribution in [0.15, 0.2) is 30.3 Å². The van der Waals surface area contributed by atoms with Gasteiger partial charge in [0.05, 0.1) is 6.54 Å². The number of hydrogen-bond acceptors (Lipinski definition) is 3. The Kier molecular flexibility index (Phi) is 2.73. The molecule has 3 rings (SSSR count). The van der Waals surface area contributed by atoms with E-state index in [-0.39, 0.29) is 12.2 Å². The number of ether oxygens (including phenoxy) is 1. The third-order valence-electron chi connectivity index (χ3n) is 3.53. The van der Waals surface area contributed by atoms with Gasteiger partial charge in [0.2, 0.25) is 0 Å². The molecule has 0 bridgehead atoms. The second kappa shape index (κ2) is 4.37. The van der Waals surface area contributed by atoms with Crippen molar-refractivity contribution in [2.24, 2.45) is 5.92 Å². The van der Waals surface area contributed by atoms with Crippen LogP contribution >= 0.6 is 0 Å². The quantitative estimate of drug-likeness (QED) is 0.842. The highest BCUT2D eigenvalue weighted by Crippen LogP contribution is 2.26. The number of carbonyl (C=O) groups is 1. The number of cyclic esters (lactones) is 1. The number of anilines is 1. The lowest BCUT2D eigenvalue weighted by atomic mass is 10.0. The highest BCUT2D eigenvalue weighted by atomic mass is 16.6. The maximum absolute atomic E-state index is 11.8.